The predicted octanol–water partition coefficient (Wildman–Crippen LogP) is 3.62. The summed E-state index contributed by atoms with van der Waals surface area (Å²) < 4.78 is 65.3. The van der Waals surface area contributed by atoms with Crippen LogP contribution in [0.25, 0.3) is 10.9 Å². The maximum absolute atomic E-state index is 13.7. The highest BCUT2D eigenvalue weighted by atomic mass is 32.2. The van der Waals surface area contributed by atoms with Gasteiger partial charge < -0.3 is 19.1 Å². The normalized spacial score (nSPS) is 11.6. The monoisotopic (exact) mass is 517 g/mol. The van der Waals surface area contributed by atoms with Gasteiger partial charge in [-0.3, -0.25) is 4.98 Å². The Balaban J connectivity index is 1.93. The van der Waals surface area contributed by atoms with Crippen molar-refractivity contribution in [2.75, 3.05) is 13.7 Å². The Labute approximate surface area is 204 Å². The summed E-state index contributed by atoms with van der Waals surface area (Å²) in [6.07, 6.45) is 4.73. The molecule has 0 aliphatic carbocycles. The Hall–Kier alpha value is -4.06. The number of hydrogen-bond donors (Lipinski definition) is 1. The Morgan fingerprint density at radius 2 is 1.94 bits per heavy atom. The number of rotatable bonds is 8. The molecule has 0 fully saturated rings. The smallest absolute Gasteiger partial charge is 0.340 e. The number of imidazole rings is 1. The number of esters is 1. The quantitative estimate of drug-likeness (QED) is 0.278. The second-order valence-electron chi connectivity index (χ2n) is 7.75. The number of halogens is 2. The van der Waals surface area contributed by atoms with Crippen LogP contribution in [0, 0.1) is 11.6 Å². The number of methoxy groups -OCH3 is 1. The van der Waals surface area contributed by atoms with E-state index in [9.17, 15) is 27.1 Å². The summed E-state index contributed by atoms with van der Waals surface area (Å²) in [5, 5.41) is 11.2. The molecule has 0 aliphatic heterocycles. The van der Waals surface area contributed by atoms with Crippen LogP contribution < -0.4 is 4.74 Å². The number of phenolic OH excluding ortho intramolecular Hbond substituents is 1. The van der Waals surface area contributed by atoms with Gasteiger partial charge in [-0.15, -0.1) is 0 Å². The predicted molar refractivity (Wildman–Crippen MR) is 124 cm³/mol. The summed E-state index contributed by atoms with van der Waals surface area (Å²) in [6, 6.07) is 5.06. The molecular weight excluding hydrogens is 496 g/mol. The standard InChI is InChI=1S/C24H21F2N3O6S/c1-3-35-24(31)16-8-14-9-21(34-2)23(30)17(11-29-7-6-27-13-29)22(14)28-20(16)12-36(32,33)15-4-5-18(25)19(26)10-15/h4-10,13,30H,3,11-12H2,1-2H3. The molecule has 2 heterocycles. The van der Waals surface area contributed by atoms with Crippen LogP contribution in [-0.4, -0.2) is 47.7 Å². The summed E-state index contributed by atoms with van der Waals surface area (Å²) in [5.41, 5.74) is 0.203. The molecule has 0 spiro atoms. The average Bonchev–Trinajstić information content (AvgIpc) is 3.35. The minimum atomic E-state index is -4.26. The third kappa shape index (κ3) is 4.85. The molecule has 36 heavy (non-hydrogen) atoms. The minimum absolute atomic E-state index is 0.0248. The number of hydrogen-bond acceptors (Lipinski definition) is 8. The number of carbonyl (C=O) groups is 1. The van der Waals surface area contributed by atoms with E-state index >= 15 is 0 Å². The zero-order valence-corrected chi connectivity index (χ0v) is 20.1. The molecule has 4 rings (SSSR count). The first-order valence-corrected chi connectivity index (χ1v) is 12.3. The van der Waals surface area contributed by atoms with Crippen molar-refractivity contribution >= 4 is 26.7 Å². The molecule has 0 amide bonds. The number of phenols is 1. The Morgan fingerprint density at radius 1 is 1.17 bits per heavy atom. The van der Waals surface area contributed by atoms with Crippen LogP contribution in [0.5, 0.6) is 11.5 Å². The van der Waals surface area contributed by atoms with E-state index in [1.54, 1.807) is 23.9 Å². The molecule has 0 radical (unpaired) electrons. The van der Waals surface area contributed by atoms with Gasteiger partial charge in [0.1, 0.15) is 0 Å². The molecule has 0 aliphatic rings. The summed E-state index contributed by atoms with van der Waals surface area (Å²) in [7, 11) is -2.89. The van der Waals surface area contributed by atoms with E-state index in [2.05, 4.69) is 9.97 Å². The highest BCUT2D eigenvalue weighted by Crippen LogP contribution is 2.37. The molecule has 4 aromatic rings. The molecule has 2 aromatic heterocycles. The van der Waals surface area contributed by atoms with Gasteiger partial charge in [-0.05, 0) is 37.3 Å². The Bertz CT molecular complexity index is 1560. The van der Waals surface area contributed by atoms with Crippen LogP contribution in [0.15, 0.2) is 53.9 Å². The number of nitrogens with zero attached hydrogens (tertiary/aromatic N) is 3. The lowest BCUT2D eigenvalue weighted by molar-refractivity contribution is 0.0525. The van der Waals surface area contributed by atoms with Crippen LogP contribution in [-0.2, 0) is 26.9 Å². The van der Waals surface area contributed by atoms with Gasteiger partial charge in [0, 0.05) is 23.3 Å². The van der Waals surface area contributed by atoms with Crippen LogP contribution in [0.1, 0.15) is 28.5 Å². The number of aromatic nitrogens is 3. The molecule has 0 saturated carbocycles. The summed E-state index contributed by atoms with van der Waals surface area (Å²) in [5.74, 6) is -4.24. The van der Waals surface area contributed by atoms with Gasteiger partial charge in [-0.25, -0.2) is 27.0 Å². The van der Waals surface area contributed by atoms with Crippen molar-refractivity contribution in [3.05, 3.63) is 77.5 Å². The number of carbonyl (C=O) groups excluding carboxylic acids is 1. The second-order valence-corrected chi connectivity index (χ2v) is 9.74. The van der Waals surface area contributed by atoms with Crippen molar-refractivity contribution < 1.29 is 36.6 Å². The summed E-state index contributed by atoms with van der Waals surface area (Å²) in [6.45, 7) is 1.73. The summed E-state index contributed by atoms with van der Waals surface area (Å²) >= 11 is 0. The molecule has 0 atom stereocenters. The lowest BCUT2D eigenvalue weighted by atomic mass is 10.0. The largest absolute Gasteiger partial charge is 0.504 e. The fourth-order valence-corrected chi connectivity index (χ4v) is 4.99. The molecule has 0 bridgehead atoms. The van der Waals surface area contributed by atoms with Gasteiger partial charge in [-0.2, -0.15) is 0 Å². The molecule has 0 saturated heterocycles. The van der Waals surface area contributed by atoms with Gasteiger partial charge in [0.05, 0.1) is 54.0 Å². The maximum atomic E-state index is 13.7. The number of aromatic hydroxyl groups is 1. The van der Waals surface area contributed by atoms with Crippen LogP contribution in [0.4, 0.5) is 8.78 Å². The number of ether oxygens (including phenoxy) is 2. The van der Waals surface area contributed by atoms with Crippen LogP contribution in [0.2, 0.25) is 0 Å². The number of pyridine rings is 1. The molecule has 2 aromatic carbocycles. The van der Waals surface area contributed by atoms with Gasteiger partial charge in [0.2, 0.25) is 0 Å². The van der Waals surface area contributed by atoms with Gasteiger partial charge >= 0.3 is 5.97 Å². The lowest BCUT2D eigenvalue weighted by Gasteiger charge is -2.16. The Kier molecular flexibility index (Phi) is 6.88. The third-order valence-electron chi connectivity index (χ3n) is 5.41. The molecule has 1 N–H and O–H groups in total. The second kappa shape index (κ2) is 9.90. The van der Waals surface area contributed by atoms with E-state index in [4.69, 9.17) is 9.47 Å². The zero-order valence-electron chi connectivity index (χ0n) is 19.2. The number of benzene rings is 2. The van der Waals surface area contributed by atoms with Gasteiger partial charge in [-0.1, -0.05) is 0 Å². The topological polar surface area (TPSA) is 121 Å². The van der Waals surface area contributed by atoms with E-state index in [1.165, 1.54) is 25.6 Å². The highest BCUT2D eigenvalue weighted by molar-refractivity contribution is 7.90. The van der Waals surface area contributed by atoms with Crippen molar-refractivity contribution in [2.45, 2.75) is 24.1 Å². The number of sulfone groups is 1. The van der Waals surface area contributed by atoms with Crippen molar-refractivity contribution in [3.8, 4) is 11.5 Å². The van der Waals surface area contributed by atoms with E-state index < -0.39 is 38.1 Å². The first-order chi connectivity index (χ1) is 17.1. The fourth-order valence-electron chi connectivity index (χ4n) is 3.69. The van der Waals surface area contributed by atoms with E-state index in [-0.39, 0.29) is 41.4 Å². The van der Waals surface area contributed by atoms with Crippen molar-refractivity contribution in [2.24, 2.45) is 0 Å². The van der Waals surface area contributed by atoms with Crippen molar-refractivity contribution in [1.29, 1.82) is 0 Å². The lowest BCUT2D eigenvalue weighted by Crippen LogP contribution is -2.15. The average molecular weight is 518 g/mol. The third-order valence-corrected chi connectivity index (χ3v) is 7.04. The molecule has 0 unspecified atom stereocenters. The minimum Gasteiger partial charge on any atom is -0.504 e. The van der Waals surface area contributed by atoms with Crippen LogP contribution >= 0.6 is 0 Å². The van der Waals surface area contributed by atoms with E-state index in [1.807, 2.05) is 0 Å². The van der Waals surface area contributed by atoms with Crippen molar-refractivity contribution in [3.63, 3.8) is 0 Å². The SMILES string of the molecule is CCOC(=O)c1cc2cc(OC)c(O)c(Cn3ccnc3)c2nc1CS(=O)(=O)c1ccc(F)c(F)c1. The zero-order chi connectivity index (χ0) is 26.0. The van der Waals surface area contributed by atoms with E-state index in [0.717, 1.165) is 6.07 Å². The van der Waals surface area contributed by atoms with Gasteiger partial charge in [0.25, 0.3) is 0 Å². The van der Waals surface area contributed by atoms with E-state index in [0.29, 0.717) is 23.1 Å². The van der Waals surface area contributed by atoms with Crippen LogP contribution in [0.3, 0.4) is 0 Å². The molecule has 9 nitrogen and oxygen atoms in total. The number of fused-ring (bicyclic) bond motifs is 1. The molecule has 12 heteroatoms. The fraction of sp³-hybridized carbons (Fsp3) is 0.208. The maximum Gasteiger partial charge on any atom is 0.340 e. The molecular formula is C24H21F2N3O6S. The molecule has 188 valence electrons. The van der Waals surface area contributed by atoms with Gasteiger partial charge in [0.15, 0.2) is 33.0 Å². The first kappa shape index (κ1) is 25.0. The Morgan fingerprint density at radius 3 is 2.58 bits per heavy atom. The summed E-state index contributed by atoms with van der Waals surface area (Å²) in [4.78, 5) is 20.7. The highest BCUT2D eigenvalue weighted by Gasteiger charge is 2.26. The first-order valence-electron chi connectivity index (χ1n) is 10.7. The van der Waals surface area contributed by atoms with Crippen molar-refractivity contribution in [1.82, 2.24) is 14.5 Å².